The molecular formula is C16H24N2O3. The number of ether oxygens (including phenoxy) is 2. The Bertz CT molecular complexity index is 504. The minimum atomic E-state index is 0.189. The second kappa shape index (κ2) is 6.80. The highest BCUT2D eigenvalue weighted by atomic mass is 16.5. The molecule has 0 radical (unpaired) electrons. The van der Waals surface area contributed by atoms with Gasteiger partial charge in [0.2, 0.25) is 5.91 Å². The average molecular weight is 292 g/mol. The van der Waals surface area contributed by atoms with Crippen molar-refractivity contribution in [2.45, 2.75) is 19.4 Å². The number of nitrogens with zero attached hydrogens (tertiary/aromatic N) is 2. The van der Waals surface area contributed by atoms with E-state index < -0.39 is 0 Å². The summed E-state index contributed by atoms with van der Waals surface area (Å²) in [6.45, 7) is 4.31. The smallest absolute Gasteiger partial charge is 0.222 e. The zero-order valence-corrected chi connectivity index (χ0v) is 13.3. The van der Waals surface area contributed by atoms with Gasteiger partial charge in [-0.25, -0.2) is 0 Å². The summed E-state index contributed by atoms with van der Waals surface area (Å²) in [5.74, 6) is 1.66. The molecular weight excluding hydrogens is 268 g/mol. The maximum Gasteiger partial charge on any atom is 0.222 e. The molecule has 0 aliphatic carbocycles. The van der Waals surface area contributed by atoms with Crippen molar-refractivity contribution in [2.75, 3.05) is 40.9 Å². The Hall–Kier alpha value is -1.75. The predicted molar refractivity (Wildman–Crippen MR) is 81.8 cm³/mol. The molecule has 1 fully saturated rings. The second-order valence-corrected chi connectivity index (χ2v) is 5.30. The van der Waals surface area contributed by atoms with Gasteiger partial charge >= 0.3 is 0 Å². The summed E-state index contributed by atoms with van der Waals surface area (Å²) in [5, 5.41) is 0. The van der Waals surface area contributed by atoms with E-state index in [0.717, 1.165) is 36.7 Å². The number of methoxy groups -OCH3 is 2. The van der Waals surface area contributed by atoms with Crippen LogP contribution in [0.3, 0.4) is 0 Å². The van der Waals surface area contributed by atoms with Crippen molar-refractivity contribution in [1.29, 1.82) is 0 Å². The molecule has 2 rings (SSSR count). The van der Waals surface area contributed by atoms with Crippen LogP contribution in [0.25, 0.3) is 0 Å². The third-order valence-electron chi connectivity index (χ3n) is 4.10. The number of benzene rings is 1. The van der Waals surface area contributed by atoms with Crippen LogP contribution in [0, 0.1) is 0 Å². The van der Waals surface area contributed by atoms with E-state index in [9.17, 15) is 4.79 Å². The highest BCUT2D eigenvalue weighted by Gasteiger charge is 2.28. The Labute approximate surface area is 126 Å². The molecule has 1 aromatic carbocycles. The SMILES string of the molecule is CCC(=O)N1CCN(C)C(c2ccc(OC)c(OC)c2)C1. The second-order valence-electron chi connectivity index (χ2n) is 5.30. The Morgan fingerprint density at radius 1 is 1.24 bits per heavy atom. The Morgan fingerprint density at radius 2 is 1.95 bits per heavy atom. The van der Waals surface area contributed by atoms with Crippen molar-refractivity contribution in [3.63, 3.8) is 0 Å². The molecule has 1 aromatic rings. The first-order valence-electron chi connectivity index (χ1n) is 7.30. The minimum Gasteiger partial charge on any atom is -0.493 e. The van der Waals surface area contributed by atoms with E-state index >= 15 is 0 Å². The van der Waals surface area contributed by atoms with E-state index in [0.29, 0.717) is 6.42 Å². The Morgan fingerprint density at radius 3 is 2.57 bits per heavy atom. The molecule has 1 unspecified atom stereocenters. The summed E-state index contributed by atoms with van der Waals surface area (Å²) >= 11 is 0. The summed E-state index contributed by atoms with van der Waals surface area (Å²) in [6.07, 6.45) is 0.558. The lowest BCUT2D eigenvalue weighted by molar-refractivity contribution is -0.133. The van der Waals surface area contributed by atoms with Gasteiger partial charge in [0, 0.05) is 26.1 Å². The van der Waals surface area contributed by atoms with E-state index in [2.05, 4.69) is 11.9 Å². The highest BCUT2D eigenvalue weighted by Crippen LogP contribution is 2.33. The molecule has 0 saturated carbocycles. The van der Waals surface area contributed by atoms with Gasteiger partial charge in [-0.05, 0) is 24.7 Å². The van der Waals surface area contributed by atoms with Crippen LogP contribution in [-0.4, -0.2) is 56.6 Å². The number of hydrogen-bond donors (Lipinski definition) is 0. The first kappa shape index (κ1) is 15.6. The molecule has 1 saturated heterocycles. The summed E-state index contributed by atoms with van der Waals surface area (Å²) in [6, 6.07) is 6.15. The lowest BCUT2D eigenvalue weighted by Gasteiger charge is -2.39. The lowest BCUT2D eigenvalue weighted by atomic mass is 10.0. The quantitative estimate of drug-likeness (QED) is 0.850. The van der Waals surface area contributed by atoms with Gasteiger partial charge in [0.15, 0.2) is 11.5 Å². The summed E-state index contributed by atoms with van der Waals surface area (Å²) < 4.78 is 10.7. The predicted octanol–water partition coefficient (Wildman–Crippen LogP) is 1.93. The fourth-order valence-corrected chi connectivity index (χ4v) is 2.74. The zero-order valence-electron chi connectivity index (χ0n) is 13.3. The first-order chi connectivity index (χ1) is 10.1. The number of carbonyl (C=O) groups is 1. The molecule has 1 aliphatic heterocycles. The number of rotatable bonds is 4. The van der Waals surface area contributed by atoms with Crippen LogP contribution in [0.15, 0.2) is 18.2 Å². The molecule has 5 heteroatoms. The van der Waals surface area contributed by atoms with E-state index in [1.165, 1.54) is 0 Å². The van der Waals surface area contributed by atoms with Crippen LogP contribution < -0.4 is 9.47 Å². The third kappa shape index (κ3) is 3.29. The van der Waals surface area contributed by atoms with E-state index in [1.807, 2.05) is 30.0 Å². The third-order valence-corrected chi connectivity index (χ3v) is 4.10. The molecule has 1 amide bonds. The molecule has 1 aliphatic rings. The maximum absolute atomic E-state index is 11.9. The van der Waals surface area contributed by atoms with Crippen LogP contribution in [0.4, 0.5) is 0 Å². The fraction of sp³-hybridized carbons (Fsp3) is 0.562. The molecule has 116 valence electrons. The van der Waals surface area contributed by atoms with E-state index in [1.54, 1.807) is 14.2 Å². The van der Waals surface area contributed by atoms with Gasteiger partial charge in [-0.1, -0.05) is 13.0 Å². The normalized spacial score (nSPS) is 19.4. The van der Waals surface area contributed by atoms with Gasteiger partial charge in [-0.3, -0.25) is 9.69 Å². The number of carbonyl (C=O) groups excluding carboxylic acids is 1. The van der Waals surface area contributed by atoms with Gasteiger partial charge in [-0.2, -0.15) is 0 Å². The molecule has 5 nitrogen and oxygen atoms in total. The van der Waals surface area contributed by atoms with Crippen molar-refractivity contribution >= 4 is 5.91 Å². The molecule has 1 atom stereocenters. The van der Waals surface area contributed by atoms with E-state index in [-0.39, 0.29) is 11.9 Å². The molecule has 0 aromatic heterocycles. The number of hydrogen-bond acceptors (Lipinski definition) is 4. The van der Waals surface area contributed by atoms with Crippen LogP contribution >= 0.6 is 0 Å². The monoisotopic (exact) mass is 292 g/mol. The Balaban J connectivity index is 2.24. The van der Waals surface area contributed by atoms with Crippen molar-refractivity contribution in [2.24, 2.45) is 0 Å². The number of piperazine rings is 1. The Kier molecular flexibility index (Phi) is 5.07. The molecule has 1 heterocycles. The minimum absolute atomic E-state index is 0.189. The van der Waals surface area contributed by atoms with Crippen molar-refractivity contribution in [3.8, 4) is 11.5 Å². The van der Waals surface area contributed by atoms with Gasteiger partial charge in [0.05, 0.1) is 20.3 Å². The van der Waals surface area contributed by atoms with Gasteiger partial charge in [-0.15, -0.1) is 0 Å². The van der Waals surface area contributed by atoms with E-state index in [4.69, 9.17) is 9.47 Å². The van der Waals surface area contributed by atoms with Crippen molar-refractivity contribution < 1.29 is 14.3 Å². The first-order valence-corrected chi connectivity index (χ1v) is 7.30. The van der Waals surface area contributed by atoms with Crippen LogP contribution in [-0.2, 0) is 4.79 Å². The van der Waals surface area contributed by atoms with Gasteiger partial charge < -0.3 is 14.4 Å². The standard InChI is InChI=1S/C16H24N2O3/c1-5-16(19)18-9-8-17(2)13(11-18)12-6-7-14(20-3)15(10-12)21-4/h6-7,10,13H,5,8-9,11H2,1-4H3. The van der Waals surface area contributed by atoms with Crippen LogP contribution in [0.1, 0.15) is 24.9 Å². The summed E-state index contributed by atoms with van der Waals surface area (Å²) in [7, 11) is 5.36. The molecule has 21 heavy (non-hydrogen) atoms. The van der Waals surface area contributed by atoms with Crippen LogP contribution in [0.2, 0.25) is 0 Å². The van der Waals surface area contributed by atoms with Gasteiger partial charge in [0.25, 0.3) is 0 Å². The summed E-state index contributed by atoms with van der Waals surface area (Å²) in [4.78, 5) is 16.2. The molecule has 0 N–H and O–H groups in total. The number of likely N-dealkylation sites (N-methyl/N-ethyl adjacent to an activating group) is 1. The maximum atomic E-state index is 11.9. The molecule has 0 spiro atoms. The van der Waals surface area contributed by atoms with Crippen molar-refractivity contribution in [3.05, 3.63) is 23.8 Å². The van der Waals surface area contributed by atoms with Gasteiger partial charge in [0.1, 0.15) is 0 Å². The lowest BCUT2D eigenvalue weighted by Crippen LogP contribution is -2.48. The summed E-state index contributed by atoms with van der Waals surface area (Å²) in [5.41, 5.74) is 1.14. The zero-order chi connectivity index (χ0) is 15.4. The van der Waals surface area contributed by atoms with Crippen molar-refractivity contribution in [1.82, 2.24) is 9.80 Å². The molecule has 0 bridgehead atoms. The number of amides is 1. The highest BCUT2D eigenvalue weighted by molar-refractivity contribution is 5.76. The average Bonchev–Trinajstić information content (AvgIpc) is 2.53. The topological polar surface area (TPSA) is 42.0 Å². The van der Waals surface area contributed by atoms with Crippen LogP contribution in [0.5, 0.6) is 11.5 Å². The fourth-order valence-electron chi connectivity index (χ4n) is 2.74. The largest absolute Gasteiger partial charge is 0.493 e.